The van der Waals surface area contributed by atoms with E-state index in [2.05, 4.69) is 18.2 Å². The molecule has 0 saturated carbocycles. The second-order valence-electron chi connectivity index (χ2n) is 7.74. The lowest BCUT2D eigenvalue weighted by Crippen LogP contribution is -2.17. The zero-order valence-electron chi connectivity index (χ0n) is 16.5. The maximum atomic E-state index is 12.5. The summed E-state index contributed by atoms with van der Waals surface area (Å²) in [4.78, 5) is 12.5. The van der Waals surface area contributed by atoms with E-state index in [4.69, 9.17) is 4.74 Å². The predicted octanol–water partition coefficient (Wildman–Crippen LogP) is 6.03. The minimum absolute atomic E-state index is 0.0271. The van der Waals surface area contributed by atoms with Gasteiger partial charge in [0.1, 0.15) is 11.9 Å². The van der Waals surface area contributed by atoms with Crippen LogP contribution < -0.4 is 0 Å². The minimum atomic E-state index is -0.749. The van der Waals surface area contributed by atoms with E-state index in [9.17, 15) is 9.90 Å². The zero-order chi connectivity index (χ0) is 20.5. The van der Waals surface area contributed by atoms with Crippen molar-refractivity contribution in [3.63, 3.8) is 0 Å². The van der Waals surface area contributed by atoms with Crippen molar-refractivity contribution in [1.82, 2.24) is 0 Å². The third-order valence-electron chi connectivity index (χ3n) is 5.75. The molecule has 2 atom stereocenters. The molecule has 1 heterocycles. The number of fused-ring (bicyclic) bond motifs is 2. The minimum Gasteiger partial charge on any atom is -0.489 e. The van der Waals surface area contributed by atoms with Crippen molar-refractivity contribution in [2.75, 3.05) is 0 Å². The molecule has 0 unspecified atom stereocenters. The molecular weight excluding hydrogens is 372 g/mol. The van der Waals surface area contributed by atoms with Gasteiger partial charge in [-0.2, -0.15) is 0 Å². The monoisotopic (exact) mass is 394 g/mol. The summed E-state index contributed by atoms with van der Waals surface area (Å²) in [7, 11) is 0. The number of aliphatic hydroxyl groups is 1. The zero-order valence-corrected chi connectivity index (χ0v) is 16.5. The number of rotatable bonds is 4. The molecule has 4 aromatic carbocycles. The first-order valence-electron chi connectivity index (χ1n) is 10.2. The van der Waals surface area contributed by atoms with Crippen LogP contribution in [-0.2, 0) is 9.53 Å². The van der Waals surface area contributed by atoms with E-state index in [1.54, 1.807) is 0 Å². The fourth-order valence-corrected chi connectivity index (χ4v) is 4.33. The van der Waals surface area contributed by atoms with Crippen molar-refractivity contribution in [2.45, 2.75) is 25.0 Å². The van der Waals surface area contributed by atoms with E-state index in [1.807, 2.05) is 66.7 Å². The summed E-state index contributed by atoms with van der Waals surface area (Å²) in [6.45, 7) is 0. The number of aliphatic hydroxyl groups excluding tert-OH is 1. The molecule has 0 fully saturated rings. The first-order valence-corrected chi connectivity index (χ1v) is 10.2. The van der Waals surface area contributed by atoms with Gasteiger partial charge in [-0.15, -0.1) is 0 Å². The average Bonchev–Trinajstić information content (AvgIpc) is 2.78. The van der Waals surface area contributed by atoms with Crippen molar-refractivity contribution in [2.24, 2.45) is 0 Å². The molecule has 30 heavy (non-hydrogen) atoms. The van der Waals surface area contributed by atoms with E-state index in [-0.39, 0.29) is 18.3 Å². The van der Waals surface area contributed by atoms with Crippen molar-refractivity contribution >= 4 is 27.3 Å². The third kappa shape index (κ3) is 3.49. The van der Waals surface area contributed by atoms with Gasteiger partial charge in [0, 0.05) is 18.1 Å². The number of benzene rings is 4. The fourth-order valence-electron chi connectivity index (χ4n) is 4.33. The van der Waals surface area contributed by atoms with E-state index >= 15 is 0 Å². The van der Waals surface area contributed by atoms with Crippen molar-refractivity contribution < 1.29 is 14.6 Å². The maximum Gasteiger partial charge on any atom is 0.163 e. The Bertz CT molecular complexity index is 1260. The first kappa shape index (κ1) is 18.6. The van der Waals surface area contributed by atoms with E-state index in [1.165, 1.54) is 6.08 Å². The van der Waals surface area contributed by atoms with Gasteiger partial charge in [-0.1, -0.05) is 84.9 Å². The highest BCUT2D eigenvalue weighted by Crippen LogP contribution is 2.36. The Kier molecular flexibility index (Phi) is 4.82. The van der Waals surface area contributed by atoms with Crippen LogP contribution in [0.25, 0.3) is 21.5 Å². The van der Waals surface area contributed by atoms with Gasteiger partial charge >= 0.3 is 0 Å². The Morgan fingerprint density at radius 2 is 1.47 bits per heavy atom. The molecule has 0 amide bonds. The van der Waals surface area contributed by atoms with Crippen LogP contribution in [0, 0.1) is 0 Å². The van der Waals surface area contributed by atoms with Crippen LogP contribution in [0.1, 0.15) is 36.2 Å². The SMILES string of the molecule is O=C1C=C(C[C@@H](O)c2cccc3ccccc23)O[C@@H](c2cccc3ccccc23)C1. The summed E-state index contributed by atoms with van der Waals surface area (Å²) < 4.78 is 6.24. The van der Waals surface area contributed by atoms with Crippen LogP contribution in [0.5, 0.6) is 0 Å². The number of allylic oxidation sites excluding steroid dienone is 1. The van der Waals surface area contributed by atoms with Crippen LogP contribution in [0.2, 0.25) is 0 Å². The van der Waals surface area contributed by atoms with Crippen LogP contribution in [0.3, 0.4) is 0 Å². The van der Waals surface area contributed by atoms with Gasteiger partial charge in [0.05, 0.1) is 12.5 Å². The highest BCUT2D eigenvalue weighted by molar-refractivity contribution is 5.93. The summed E-state index contributed by atoms with van der Waals surface area (Å²) >= 11 is 0. The molecule has 1 aliphatic heterocycles. The van der Waals surface area contributed by atoms with Crippen molar-refractivity contribution in [3.8, 4) is 0 Å². The Morgan fingerprint density at radius 3 is 2.27 bits per heavy atom. The number of hydrogen-bond donors (Lipinski definition) is 1. The summed E-state index contributed by atoms with van der Waals surface area (Å²) in [6.07, 6.45) is 1.02. The second kappa shape index (κ2) is 7.77. The van der Waals surface area contributed by atoms with Gasteiger partial charge in [-0.05, 0) is 27.1 Å². The lowest BCUT2D eigenvalue weighted by molar-refractivity contribution is -0.118. The van der Waals surface area contributed by atoms with Gasteiger partial charge in [0.2, 0.25) is 0 Å². The fraction of sp³-hybridized carbons (Fsp3) is 0.148. The Labute approximate surface area is 175 Å². The van der Waals surface area contributed by atoms with Gasteiger partial charge in [0.15, 0.2) is 5.78 Å². The third-order valence-corrected chi connectivity index (χ3v) is 5.75. The largest absolute Gasteiger partial charge is 0.489 e. The lowest BCUT2D eigenvalue weighted by Gasteiger charge is -2.27. The summed E-state index contributed by atoms with van der Waals surface area (Å²) in [5, 5.41) is 15.3. The van der Waals surface area contributed by atoms with Gasteiger partial charge in [-0.25, -0.2) is 0 Å². The smallest absolute Gasteiger partial charge is 0.163 e. The molecule has 0 aliphatic carbocycles. The van der Waals surface area contributed by atoms with Crippen LogP contribution in [0.4, 0.5) is 0 Å². The number of ether oxygens (including phenoxy) is 1. The molecule has 0 saturated heterocycles. The van der Waals surface area contributed by atoms with Crippen LogP contribution in [-0.4, -0.2) is 10.9 Å². The van der Waals surface area contributed by atoms with Crippen molar-refractivity contribution in [1.29, 1.82) is 0 Å². The van der Waals surface area contributed by atoms with Gasteiger partial charge in [-0.3, -0.25) is 4.79 Å². The molecule has 0 spiro atoms. The number of carbonyl (C=O) groups excluding carboxylic acids is 1. The summed E-state index contributed by atoms with van der Waals surface area (Å²) in [5.41, 5.74) is 1.85. The molecule has 0 bridgehead atoms. The highest BCUT2D eigenvalue weighted by atomic mass is 16.5. The molecule has 1 aliphatic rings. The quantitative estimate of drug-likeness (QED) is 0.460. The number of hydrogen-bond acceptors (Lipinski definition) is 3. The molecule has 148 valence electrons. The Hall–Kier alpha value is -3.43. The molecule has 1 N–H and O–H groups in total. The summed E-state index contributed by atoms with van der Waals surface area (Å²) in [6, 6.07) is 28.1. The summed E-state index contributed by atoms with van der Waals surface area (Å²) in [5.74, 6) is 0.559. The molecule has 4 aromatic rings. The number of ketones is 1. The average molecular weight is 394 g/mol. The molecule has 0 radical (unpaired) electrons. The second-order valence-corrected chi connectivity index (χ2v) is 7.74. The highest BCUT2D eigenvalue weighted by Gasteiger charge is 2.26. The molecule has 5 rings (SSSR count). The Balaban J connectivity index is 1.43. The predicted molar refractivity (Wildman–Crippen MR) is 119 cm³/mol. The van der Waals surface area contributed by atoms with Crippen LogP contribution >= 0.6 is 0 Å². The normalized spacial score (nSPS) is 17.6. The lowest BCUT2D eigenvalue weighted by atomic mass is 9.94. The Morgan fingerprint density at radius 1 is 0.833 bits per heavy atom. The van der Waals surface area contributed by atoms with Gasteiger partial charge < -0.3 is 9.84 Å². The molecule has 3 nitrogen and oxygen atoms in total. The topological polar surface area (TPSA) is 46.5 Å². The standard InChI is InChI=1S/C27H22O3/c28-20-15-21(17-26(29)24-13-5-9-18-7-1-3-11-22(18)24)30-27(16-20)25-14-6-10-19-8-2-4-12-23(19)25/h1-15,26-27,29H,16-17H2/t26-,27-/m1/s1. The van der Waals surface area contributed by atoms with E-state index in [0.717, 1.165) is 32.7 Å². The van der Waals surface area contributed by atoms with Gasteiger partial charge in [0.25, 0.3) is 0 Å². The van der Waals surface area contributed by atoms with Crippen LogP contribution in [0.15, 0.2) is 96.8 Å². The van der Waals surface area contributed by atoms with E-state index < -0.39 is 6.10 Å². The van der Waals surface area contributed by atoms with E-state index in [0.29, 0.717) is 12.2 Å². The molecular formula is C27H22O3. The first-order chi connectivity index (χ1) is 14.7. The van der Waals surface area contributed by atoms with Crippen molar-refractivity contribution in [3.05, 3.63) is 108 Å². The molecule has 0 aromatic heterocycles. The maximum absolute atomic E-state index is 12.5. The number of carbonyl (C=O) groups is 1. The molecule has 3 heteroatoms.